The van der Waals surface area contributed by atoms with Gasteiger partial charge in [-0.1, -0.05) is 47.6 Å². The van der Waals surface area contributed by atoms with E-state index in [0.29, 0.717) is 5.92 Å². The maximum absolute atomic E-state index is 9.00. The molecule has 15 heavy (non-hydrogen) atoms. The molecule has 0 saturated carbocycles. The lowest BCUT2D eigenvalue weighted by molar-refractivity contribution is 0.317. The molecule has 1 N–H and O–H groups in total. The number of allylic oxidation sites excluding steroid dienone is 2. The van der Waals surface area contributed by atoms with E-state index in [1.165, 1.54) is 6.42 Å². The number of oxime groups is 1. The smallest absolute Gasteiger partial charge is 0.0873 e. The topological polar surface area (TPSA) is 32.6 Å². The lowest BCUT2D eigenvalue weighted by Crippen LogP contribution is -2.06. The minimum Gasteiger partial charge on any atom is -0.411 e. The average Bonchev–Trinajstić information content (AvgIpc) is 2.80. The second-order valence-corrected chi connectivity index (χ2v) is 3.88. The molecule has 0 amide bonds. The Kier molecular flexibility index (Phi) is 3.18. The largest absolute Gasteiger partial charge is 0.411 e. The minimum atomic E-state index is 0.538. The van der Waals surface area contributed by atoms with Crippen LogP contribution in [-0.2, 0) is 0 Å². The van der Waals surface area contributed by atoms with E-state index in [4.69, 9.17) is 5.21 Å². The van der Waals surface area contributed by atoms with E-state index in [9.17, 15) is 0 Å². The lowest BCUT2D eigenvalue weighted by atomic mass is 9.97. The van der Waals surface area contributed by atoms with Crippen molar-refractivity contribution in [3.63, 3.8) is 0 Å². The molecule has 2 rings (SSSR count). The van der Waals surface area contributed by atoms with Crippen molar-refractivity contribution in [2.75, 3.05) is 0 Å². The number of benzene rings is 1. The van der Waals surface area contributed by atoms with Crippen LogP contribution in [-0.4, -0.2) is 10.9 Å². The van der Waals surface area contributed by atoms with Gasteiger partial charge in [0.15, 0.2) is 0 Å². The monoisotopic (exact) mass is 201 g/mol. The van der Waals surface area contributed by atoms with Gasteiger partial charge < -0.3 is 5.21 Å². The van der Waals surface area contributed by atoms with Gasteiger partial charge in [-0.15, -0.1) is 0 Å². The van der Waals surface area contributed by atoms with Crippen LogP contribution in [0.2, 0.25) is 0 Å². The Morgan fingerprint density at radius 1 is 1.33 bits per heavy atom. The third kappa shape index (κ3) is 2.46. The first-order valence-electron chi connectivity index (χ1n) is 5.33. The molecule has 1 aliphatic rings. The lowest BCUT2D eigenvalue weighted by Gasteiger charge is -2.08. The maximum Gasteiger partial charge on any atom is 0.0873 e. The van der Waals surface area contributed by atoms with E-state index in [1.807, 2.05) is 30.3 Å². The molecule has 0 aromatic heterocycles. The van der Waals surface area contributed by atoms with Crippen molar-refractivity contribution in [2.24, 2.45) is 11.1 Å². The third-order valence-corrected chi connectivity index (χ3v) is 2.80. The zero-order chi connectivity index (χ0) is 10.5. The molecule has 1 aliphatic carbocycles. The van der Waals surface area contributed by atoms with Gasteiger partial charge in [-0.05, 0) is 30.7 Å². The van der Waals surface area contributed by atoms with Crippen LogP contribution in [0.25, 0.3) is 0 Å². The predicted octanol–water partition coefficient (Wildman–Crippen LogP) is 3.22. The van der Waals surface area contributed by atoms with Crippen molar-refractivity contribution in [3.8, 4) is 0 Å². The number of rotatable bonds is 3. The highest BCUT2D eigenvalue weighted by Crippen LogP contribution is 2.22. The van der Waals surface area contributed by atoms with Crippen LogP contribution < -0.4 is 0 Å². The van der Waals surface area contributed by atoms with Crippen LogP contribution >= 0.6 is 0 Å². The van der Waals surface area contributed by atoms with Crippen LogP contribution in [0.15, 0.2) is 47.6 Å². The Morgan fingerprint density at radius 3 is 2.73 bits per heavy atom. The van der Waals surface area contributed by atoms with Gasteiger partial charge >= 0.3 is 0 Å². The van der Waals surface area contributed by atoms with E-state index in [2.05, 4.69) is 17.3 Å². The Morgan fingerprint density at radius 2 is 2.13 bits per heavy atom. The van der Waals surface area contributed by atoms with E-state index >= 15 is 0 Å². The molecule has 2 heteroatoms. The van der Waals surface area contributed by atoms with Crippen molar-refractivity contribution in [3.05, 3.63) is 48.0 Å². The van der Waals surface area contributed by atoms with Gasteiger partial charge in [0.1, 0.15) is 0 Å². The summed E-state index contributed by atoms with van der Waals surface area (Å²) in [6.07, 6.45) is 7.57. The summed E-state index contributed by atoms with van der Waals surface area (Å²) >= 11 is 0. The fraction of sp³-hybridized carbons (Fsp3) is 0.308. The van der Waals surface area contributed by atoms with Crippen molar-refractivity contribution in [1.82, 2.24) is 0 Å². The van der Waals surface area contributed by atoms with Gasteiger partial charge in [0.2, 0.25) is 0 Å². The minimum absolute atomic E-state index is 0.538. The van der Waals surface area contributed by atoms with E-state index in [-0.39, 0.29) is 0 Å². The highest BCUT2D eigenvalue weighted by atomic mass is 16.4. The number of nitrogens with zero attached hydrogens (tertiary/aromatic N) is 1. The van der Waals surface area contributed by atoms with Crippen LogP contribution in [0.3, 0.4) is 0 Å². The van der Waals surface area contributed by atoms with E-state index < -0.39 is 0 Å². The van der Waals surface area contributed by atoms with Gasteiger partial charge in [0, 0.05) is 0 Å². The standard InChI is InChI=1S/C13H15NO/c15-14-13(10-11-6-4-5-7-11)12-8-2-1-3-9-12/h1-4,6,8-9,11,15H,5,7,10H2/b14-13+. The van der Waals surface area contributed by atoms with Crippen molar-refractivity contribution in [1.29, 1.82) is 0 Å². The molecule has 1 aromatic carbocycles. The summed E-state index contributed by atoms with van der Waals surface area (Å²) in [5.41, 5.74) is 1.80. The summed E-state index contributed by atoms with van der Waals surface area (Å²) in [4.78, 5) is 0. The van der Waals surface area contributed by atoms with Gasteiger partial charge in [-0.25, -0.2) is 0 Å². The Bertz CT molecular complexity index is 367. The first-order chi connectivity index (χ1) is 7.40. The van der Waals surface area contributed by atoms with Crippen molar-refractivity contribution >= 4 is 5.71 Å². The zero-order valence-corrected chi connectivity index (χ0v) is 8.63. The van der Waals surface area contributed by atoms with Gasteiger partial charge in [-0.2, -0.15) is 0 Å². The van der Waals surface area contributed by atoms with Crippen molar-refractivity contribution < 1.29 is 5.21 Å². The molecular formula is C13H15NO. The molecule has 0 aliphatic heterocycles. The second-order valence-electron chi connectivity index (χ2n) is 3.88. The molecule has 1 atom stereocenters. The first-order valence-corrected chi connectivity index (χ1v) is 5.33. The molecule has 0 radical (unpaired) electrons. The van der Waals surface area contributed by atoms with Crippen molar-refractivity contribution in [2.45, 2.75) is 19.3 Å². The summed E-state index contributed by atoms with van der Waals surface area (Å²) in [6.45, 7) is 0. The Balaban J connectivity index is 2.08. The summed E-state index contributed by atoms with van der Waals surface area (Å²) in [7, 11) is 0. The molecule has 0 saturated heterocycles. The van der Waals surface area contributed by atoms with Gasteiger partial charge in [-0.3, -0.25) is 0 Å². The van der Waals surface area contributed by atoms with Gasteiger partial charge in [0.05, 0.1) is 5.71 Å². The maximum atomic E-state index is 9.00. The fourth-order valence-corrected chi connectivity index (χ4v) is 1.96. The molecule has 0 fully saturated rings. The second kappa shape index (κ2) is 4.78. The molecule has 78 valence electrons. The average molecular weight is 201 g/mol. The predicted molar refractivity (Wildman–Crippen MR) is 61.2 cm³/mol. The van der Waals surface area contributed by atoms with Crippen LogP contribution in [0, 0.1) is 5.92 Å². The first kappa shape index (κ1) is 9.97. The zero-order valence-electron chi connectivity index (χ0n) is 8.63. The van der Waals surface area contributed by atoms with E-state index in [1.54, 1.807) is 0 Å². The molecule has 0 bridgehead atoms. The van der Waals surface area contributed by atoms with Crippen LogP contribution in [0.4, 0.5) is 0 Å². The SMILES string of the molecule is O/N=C(\CC1C=CCC1)c1ccccc1. The normalized spacial score (nSPS) is 20.8. The fourth-order valence-electron chi connectivity index (χ4n) is 1.96. The number of hydrogen-bond donors (Lipinski definition) is 1. The number of hydrogen-bond acceptors (Lipinski definition) is 2. The highest BCUT2D eigenvalue weighted by molar-refractivity contribution is 6.00. The summed E-state index contributed by atoms with van der Waals surface area (Å²) in [5.74, 6) is 0.538. The van der Waals surface area contributed by atoms with Crippen LogP contribution in [0.1, 0.15) is 24.8 Å². The van der Waals surface area contributed by atoms with Crippen LogP contribution in [0.5, 0.6) is 0 Å². The highest BCUT2D eigenvalue weighted by Gasteiger charge is 2.14. The summed E-state index contributed by atoms with van der Waals surface area (Å²) in [6, 6.07) is 9.85. The molecule has 1 aromatic rings. The summed E-state index contributed by atoms with van der Waals surface area (Å²) < 4.78 is 0. The van der Waals surface area contributed by atoms with Gasteiger partial charge in [0.25, 0.3) is 0 Å². The molecule has 0 spiro atoms. The summed E-state index contributed by atoms with van der Waals surface area (Å²) in [5, 5.41) is 12.4. The third-order valence-electron chi connectivity index (χ3n) is 2.80. The van der Waals surface area contributed by atoms with E-state index in [0.717, 1.165) is 24.1 Å². The quantitative estimate of drug-likeness (QED) is 0.346. The molecule has 2 nitrogen and oxygen atoms in total. The molecule has 0 heterocycles. The molecular weight excluding hydrogens is 186 g/mol. The Hall–Kier alpha value is -1.57. The Labute approximate surface area is 89.9 Å². The molecule has 1 unspecified atom stereocenters.